The van der Waals surface area contributed by atoms with Crippen LogP contribution in [0.3, 0.4) is 0 Å². The van der Waals surface area contributed by atoms with Gasteiger partial charge in [-0.3, -0.25) is 9.78 Å². The highest BCUT2D eigenvalue weighted by Crippen LogP contribution is 2.45. The van der Waals surface area contributed by atoms with Crippen molar-refractivity contribution in [3.05, 3.63) is 70.9 Å². The molecule has 5 nitrogen and oxygen atoms in total. The molecule has 1 aliphatic rings. The number of carboxylic acid groups (broad SMARTS) is 1. The Morgan fingerprint density at radius 3 is 2.52 bits per heavy atom. The number of benzene rings is 2. The maximum absolute atomic E-state index is 10.8. The van der Waals surface area contributed by atoms with Gasteiger partial charge in [0, 0.05) is 33.9 Å². The van der Waals surface area contributed by atoms with Crippen molar-refractivity contribution in [2.45, 2.75) is 43.8 Å². The lowest BCUT2D eigenvalue weighted by Crippen LogP contribution is -2.19. The van der Waals surface area contributed by atoms with Crippen LogP contribution in [0.25, 0.3) is 28.1 Å². The Hall–Kier alpha value is -2.73. The third-order valence-electron chi connectivity index (χ3n) is 5.47. The maximum Gasteiger partial charge on any atom is 0.305 e. The highest BCUT2D eigenvalue weighted by molar-refractivity contribution is 6.30. The number of para-hydroxylation sites is 1. The Bertz CT molecular complexity index is 1120. The van der Waals surface area contributed by atoms with Crippen molar-refractivity contribution < 1.29 is 20.1 Å². The second-order valence-electron chi connectivity index (χ2n) is 8.00. The van der Waals surface area contributed by atoms with Crippen LogP contribution in [0, 0.1) is 0 Å². The molecule has 0 spiro atoms. The molecule has 1 aromatic heterocycles. The molecule has 160 valence electrons. The number of fused-ring (bicyclic) bond motifs is 1. The number of aliphatic hydroxyl groups is 2. The first-order valence-corrected chi connectivity index (χ1v) is 10.7. The van der Waals surface area contributed by atoms with E-state index in [-0.39, 0.29) is 6.42 Å². The SMILES string of the molecule is O=C(O)CC(O)CC(O)/C=C/c1c(C2CC2)nc2ccccc2c1-c1ccc(Cl)cc1. The second kappa shape index (κ2) is 9.18. The van der Waals surface area contributed by atoms with Gasteiger partial charge in [-0.05, 0) is 36.6 Å². The van der Waals surface area contributed by atoms with Gasteiger partial charge >= 0.3 is 5.97 Å². The van der Waals surface area contributed by atoms with Gasteiger partial charge in [0.25, 0.3) is 0 Å². The zero-order chi connectivity index (χ0) is 22.0. The topological polar surface area (TPSA) is 90.7 Å². The predicted molar refractivity (Wildman–Crippen MR) is 122 cm³/mol. The number of nitrogens with zero attached hydrogens (tertiary/aromatic N) is 1. The Morgan fingerprint density at radius 2 is 1.84 bits per heavy atom. The highest BCUT2D eigenvalue weighted by Gasteiger charge is 2.29. The van der Waals surface area contributed by atoms with E-state index < -0.39 is 24.6 Å². The number of aliphatic carboxylic acids is 1. The fourth-order valence-corrected chi connectivity index (χ4v) is 3.99. The number of hydrogen-bond acceptors (Lipinski definition) is 4. The number of aliphatic hydroxyl groups excluding tert-OH is 2. The van der Waals surface area contributed by atoms with Crippen LogP contribution < -0.4 is 0 Å². The zero-order valence-corrected chi connectivity index (χ0v) is 17.7. The van der Waals surface area contributed by atoms with Crippen molar-refractivity contribution in [1.29, 1.82) is 0 Å². The lowest BCUT2D eigenvalue weighted by atomic mass is 9.92. The molecule has 31 heavy (non-hydrogen) atoms. The first-order valence-electron chi connectivity index (χ1n) is 10.4. The summed E-state index contributed by atoms with van der Waals surface area (Å²) >= 11 is 6.11. The summed E-state index contributed by atoms with van der Waals surface area (Å²) < 4.78 is 0. The molecule has 1 aliphatic carbocycles. The van der Waals surface area contributed by atoms with Crippen molar-refractivity contribution in [3.8, 4) is 11.1 Å². The summed E-state index contributed by atoms with van der Waals surface area (Å²) in [6.07, 6.45) is 3.11. The molecule has 0 amide bonds. The van der Waals surface area contributed by atoms with Crippen LogP contribution in [0.5, 0.6) is 0 Å². The minimum absolute atomic E-state index is 0.0428. The van der Waals surface area contributed by atoms with E-state index in [9.17, 15) is 15.0 Å². The molecular weight excluding hydrogens is 414 g/mol. The van der Waals surface area contributed by atoms with Gasteiger partial charge in [-0.25, -0.2) is 0 Å². The minimum atomic E-state index is -1.11. The average Bonchev–Trinajstić information content (AvgIpc) is 3.56. The molecule has 6 heteroatoms. The van der Waals surface area contributed by atoms with Crippen LogP contribution in [-0.2, 0) is 4.79 Å². The van der Waals surface area contributed by atoms with Gasteiger partial charge in [-0.1, -0.05) is 54.1 Å². The number of rotatable bonds is 8. The molecule has 1 heterocycles. The predicted octanol–water partition coefficient (Wildman–Crippen LogP) is 5.03. The van der Waals surface area contributed by atoms with Crippen LogP contribution >= 0.6 is 11.6 Å². The van der Waals surface area contributed by atoms with E-state index in [1.807, 2.05) is 54.6 Å². The molecule has 0 radical (unpaired) electrons. The maximum atomic E-state index is 10.8. The first-order chi connectivity index (χ1) is 14.9. The molecule has 0 saturated heterocycles. The third-order valence-corrected chi connectivity index (χ3v) is 5.72. The molecule has 2 unspecified atom stereocenters. The molecule has 1 fully saturated rings. The molecular formula is C25H24ClNO4. The van der Waals surface area contributed by atoms with E-state index in [2.05, 4.69) is 0 Å². The van der Waals surface area contributed by atoms with Gasteiger partial charge in [0.2, 0.25) is 0 Å². The summed E-state index contributed by atoms with van der Waals surface area (Å²) in [5.74, 6) is -0.714. The van der Waals surface area contributed by atoms with Gasteiger partial charge in [0.15, 0.2) is 0 Å². The molecule has 3 aromatic rings. The summed E-state index contributed by atoms with van der Waals surface area (Å²) in [6.45, 7) is 0. The van der Waals surface area contributed by atoms with Gasteiger partial charge in [-0.15, -0.1) is 0 Å². The normalized spacial score (nSPS) is 16.0. The molecule has 0 aliphatic heterocycles. The Morgan fingerprint density at radius 1 is 1.13 bits per heavy atom. The van der Waals surface area contributed by atoms with Gasteiger partial charge in [-0.2, -0.15) is 0 Å². The van der Waals surface area contributed by atoms with Crippen LogP contribution in [0.1, 0.15) is 42.9 Å². The number of aromatic nitrogens is 1. The van der Waals surface area contributed by atoms with Crippen molar-refractivity contribution >= 4 is 34.5 Å². The molecule has 0 bridgehead atoms. The second-order valence-corrected chi connectivity index (χ2v) is 8.43. The van der Waals surface area contributed by atoms with Crippen molar-refractivity contribution in [2.75, 3.05) is 0 Å². The third kappa shape index (κ3) is 5.13. The van der Waals surface area contributed by atoms with Crippen LogP contribution in [0.2, 0.25) is 5.02 Å². The Kier molecular flexibility index (Phi) is 6.37. The molecule has 3 N–H and O–H groups in total. The number of halogens is 1. The molecule has 4 rings (SSSR count). The quantitative estimate of drug-likeness (QED) is 0.459. The van der Waals surface area contributed by atoms with E-state index in [1.165, 1.54) is 0 Å². The van der Waals surface area contributed by atoms with Crippen molar-refractivity contribution in [2.24, 2.45) is 0 Å². The largest absolute Gasteiger partial charge is 0.481 e. The van der Waals surface area contributed by atoms with Crippen LogP contribution in [0.15, 0.2) is 54.6 Å². The van der Waals surface area contributed by atoms with Crippen molar-refractivity contribution in [1.82, 2.24) is 4.98 Å². The monoisotopic (exact) mass is 437 g/mol. The lowest BCUT2D eigenvalue weighted by Gasteiger charge is -2.16. The highest BCUT2D eigenvalue weighted by atomic mass is 35.5. The molecule has 1 saturated carbocycles. The standard InChI is InChI=1S/C25H24ClNO4/c26-17-9-7-15(8-10-17)24-20-3-1-2-4-22(20)27-25(16-5-6-16)21(24)12-11-18(28)13-19(29)14-23(30)31/h1-4,7-12,16,18-19,28-29H,5-6,13-14H2,(H,30,31)/b12-11+. The Balaban J connectivity index is 1.79. The number of hydrogen-bond donors (Lipinski definition) is 3. The molecule has 2 aromatic carbocycles. The zero-order valence-electron chi connectivity index (χ0n) is 16.9. The van der Waals surface area contributed by atoms with Gasteiger partial charge < -0.3 is 15.3 Å². The fraction of sp³-hybridized carbons (Fsp3) is 0.280. The number of pyridine rings is 1. The van der Waals surface area contributed by atoms with Gasteiger partial charge in [0.05, 0.1) is 29.8 Å². The Labute approximate surface area is 185 Å². The van der Waals surface area contributed by atoms with E-state index in [0.717, 1.165) is 46.1 Å². The summed E-state index contributed by atoms with van der Waals surface area (Å²) in [6, 6.07) is 15.7. The number of carbonyl (C=O) groups is 1. The minimum Gasteiger partial charge on any atom is -0.481 e. The fourth-order valence-electron chi connectivity index (χ4n) is 3.86. The summed E-state index contributed by atoms with van der Waals surface area (Å²) in [7, 11) is 0. The average molecular weight is 438 g/mol. The van der Waals surface area contributed by atoms with Crippen molar-refractivity contribution in [3.63, 3.8) is 0 Å². The summed E-state index contributed by atoms with van der Waals surface area (Å²) in [5.41, 5.74) is 4.89. The first kappa shape index (κ1) is 21.5. The van der Waals surface area contributed by atoms with Crippen LogP contribution in [-0.4, -0.2) is 38.5 Å². The summed E-state index contributed by atoms with van der Waals surface area (Å²) in [5, 5.41) is 30.7. The van der Waals surface area contributed by atoms with E-state index in [0.29, 0.717) is 10.9 Å². The number of carboxylic acids is 1. The molecule has 2 atom stereocenters. The van der Waals surface area contributed by atoms with E-state index >= 15 is 0 Å². The van der Waals surface area contributed by atoms with Gasteiger partial charge in [0.1, 0.15) is 0 Å². The smallest absolute Gasteiger partial charge is 0.305 e. The van der Waals surface area contributed by atoms with E-state index in [1.54, 1.807) is 6.08 Å². The van der Waals surface area contributed by atoms with Crippen LogP contribution in [0.4, 0.5) is 0 Å². The summed E-state index contributed by atoms with van der Waals surface area (Å²) in [4.78, 5) is 15.7. The lowest BCUT2D eigenvalue weighted by molar-refractivity contribution is -0.139. The van der Waals surface area contributed by atoms with E-state index in [4.69, 9.17) is 21.7 Å².